The largest absolute Gasteiger partial charge is 0.465 e. The van der Waals surface area contributed by atoms with Gasteiger partial charge < -0.3 is 15.4 Å². The van der Waals surface area contributed by atoms with Crippen LogP contribution in [-0.4, -0.2) is 24.0 Å². The molecule has 26 heavy (non-hydrogen) atoms. The third kappa shape index (κ3) is 4.39. The van der Waals surface area contributed by atoms with Gasteiger partial charge in [0, 0.05) is 5.92 Å². The molecule has 1 aromatic carbocycles. The summed E-state index contributed by atoms with van der Waals surface area (Å²) in [6.45, 7) is 0. The molecule has 0 spiro atoms. The average molecular weight is 353 g/mol. The summed E-state index contributed by atoms with van der Waals surface area (Å²) in [6.07, 6.45) is 7.01. The van der Waals surface area contributed by atoms with E-state index in [0.717, 1.165) is 25.7 Å². The Labute approximate surface area is 153 Å². The number of para-hydroxylation sites is 1. The van der Waals surface area contributed by atoms with Crippen molar-refractivity contribution in [3.05, 3.63) is 48.2 Å². The fourth-order valence-corrected chi connectivity index (χ4v) is 3.17. The van der Waals surface area contributed by atoms with E-state index >= 15 is 0 Å². The van der Waals surface area contributed by atoms with Crippen LogP contribution in [0.5, 0.6) is 0 Å². The zero-order chi connectivity index (χ0) is 18.4. The highest BCUT2D eigenvalue weighted by Gasteiger charge is 2.21. The number of nitrogens with zero attached hydrogens (tertiary/aromatic N) is 1. The number of amides is 1. The number of hydrogen-bond acceptors (Lipinski definition) is 5. The van der Waals surface area contributed by atoms with E-state index in [1.54, 1.807) is 36.5 Å². The van der Waals surface area contributed by atoms with Gasteiger partial charge in [-0.15, -0.1) is 0 Å². The predicted molar refractivity (Wildman–Crippen MR) is 101 cm³/mol. The lowest BCUT2D eigenvalue weighted by molar-refractivity contribution is -0.120. The topological polar surface area (TPSA) is 80.3 Å². The smallest absolute Gasteiger partial charge is 0.339 e. The molecule has 2 aromatic rings. The lowest BCUT2D eigenvalue weighted by atomic mass is 9.88. The number of ether oxygens (including phenoxy) is 1. The van der Waals surface area contributed by atoms with Gasteiger partial charge in [-0.1, -0.05) is 31.4 Å². The van der Waals surface area contributed by atoms with E-state index in [1.165, 1.54) is 13.5 Å². The van der Waals surface area contributed by atoms with Crippen molar-refractivity contribution in [2.75, 3.05) is 17.7 Å². The first-order valence-electron chi connectivity index (χ1n) is 8.88. The van der Waals surface area contributed by atoms with Crippen LogP contribution in [0.15, 0.2) is 42.6 Å². The number of esters is 1. The minimum Gasteiger partial charge on any atom is -0.465 e. The molecule has 6 nitrogen and oxygen atoms in total. The molecule has 0 unspecified atom stereocenters. The molecular weight excluding hydrogens is 330 g/mol. The van der Waals surface area contributed by atoms with Gasteiger partial charge in [-0.05, 0) is 37.1 Å². The Balaban J connectivity index is 1.65. The number of pyridine rings is 1. The molecule has 1 aliphatic rings. The molecule has 6 heteroatoms. The molecule has 1 aliphatic carbocycles. The van der Waals surface area contributed by atoms with Crippen LogP contribution in [0.2, 0.25) is 0 Å². The van der Waals surface area contributed by atoms with Gasteiger partial charge >= 0.3 is 5.97 Å². The Kier molecular flexibility index (Phi) is 5.84. The second-order valence-electron chi connectivity index (χ2n) is 6.42. The van der Waals surface area contributed by atoms with Crippen LogP contribution in [0.3, 0.4) is 0 Å². The number of methoxy groups -OCH3 is 1. The van der Waals surface area contributed by atoms with Crippen LogP contribution >= 0.6 is 0 Å². The molecule has 1 amide bonds. The SMILES string of the molecule is COC(=O)c1ccccc1Nc1ccc(NC(=O)C2CCCCC2)cn1. The Morgan fingerprint density at radius 2 is 1.85 bits per heavy atom. The van der Waals surface area contributed by atoms with Crippen molar-refractivity contribution in [1.29, 1.82) is 0 Å². The first-order chi connectivity index (χ1) is 12.7. The number of anilines is 3. The molecule has 3 rings (SSSR count). The number of nitrogens with one attached hydrogen (secondary N) is 2. The van der Waals surface area contributed by atoms with Crippen molar-refractivity contribution in [3.63, 3.8) is 0 Å². The molecule has 136 valence electrons. The molecule has 1 saturated carbocycles. The summed E-state index contributed by atoms with van der Waals surface area (Å²) in [7, 11) is 1.35. The first-order valence-corrected chi connectivity index (χ1v) is 8.88. The summed E-state index contributed by atoms with van der Waals surface area (Å²) >= 11 is 0. The average Bonchev–Trinajstić information content (AvgIpc) is 2.70. The van der Waals surface area contributed by atoms with E-state index in [4.69, 9.17) is 4.74 Å². The number of benzene rings is 1. The van der Waals surface area contributed by atoms with Crippen molar-refractivity contribution in [2.24, 2.45) is 5.92 Å². The standard InChI is InChI=1S/C20H23N3O3/c1-26-20(25)16-9-5-6-10-17(16)23-18-12-11-15(13-21-18)22-19(24)14-7-3-2-4-8-14/h5-6,9-14H,2-4,7-8H2,1H3,(H,21,23)(H,22,24). The summed E-state index contributed by atoms with van der Waals surface area (Å²) in [5.74, 6) is 0.346. The first kappa shape index (κ1) is 17.9. The summed E-state index contributed by atoms with van der Waals surface area (Å²) < 4.78 is 4.79. The Bertz CT molecular complexity index is 768. The van der Waals surface area contributed by atoms with Gasteiger partial charge in [0.25, 0.3) is 0 Å². The van der Waals surface area contributed by atoms with Gasteiger partial charge in [-0.2, -0.15) is 0 Å². The summed E-state index contributed by atoms with van der Waals surface area (Å²) in [6, 6.07) is 10.6. The minimum absolute atomic E-state index is 0.0725. The van der Waals surface area contributed by atoms with E-state index < -0.39 is 5.97 Å². The lowest BCUT2D eigenvalue weighted by Gasteiger charge is -2.20. The van der Waals surface area contributed by atoms with Gasteiger partial charge in [0.15, 0.2) is 0 Å². The van der Waals surface area contributed by atoms with Gasteiger partial charge in [0.2, 0.25) is 5.91 Å². The highest BCUT2D eigenvalue weighted by atomic mass is 16.5. The summed E-state index contributed by atoms with van der Waals surface area (Å²) in [4.78, 5) is 28.4. The third-order valence-electron chi connectivity index (χ3n) is 4.60. The van der Waals surface area contributed by atoms with Crippen LogP contribution in [0, 0.1) is 5.92 Å². The quantitative estimate of drug-likeness (QED) is 0.790. The van der Waals surface area contributed by atoms with E-state index in [2.05, 4.69) is 15.6 Å². The van der Waals surface area contributed by atoms with Crippen LogP contribution in [0.25, 0.3) is 0 Å². The number of rotatable bonds is 5. The molecule has 1 aromatic heterocycles. The highest BCUT2D eigenvalue weighted by molar-refractivity contribution is 5.96. The Hall–Kier alpha value is -2.89. The Morgan fingerprint density at radius 3 is 2.54 bits per heavy atom. The molecule has 0 bridgehead atoms. The van der Waals surface area contributed by atoms with Crippen LogP contribution in [0.4, 0.5) is 17.2 Å². The maximum absolute atomic E-state index is 12.3. The van der Waals surface area contributed by atoms with Crippen molar-refractivity contribution in [1.82, 2.24) is 4.98 Å². The van der Waals surface area contributed by atoms with Gasteiger partial charge in [0.1, 0.15) is 5.82 Å². The normalized spacial score (nSPS) is 14.5. The van der Waals surface area contributed by atoms with Gasteiger partial charge in [0.05, 0.1) is 30.2 Å². The second-order valence-corrected chi connectivity index (χ2v) is 6.42. The van der Waals surface area contributed by atoms with Crippen LogP contribution in [-0.2, 0) is 9.53 Å². The van der Waals surface area contributed by atoms with Crippen LogP contribution in [0.1, 0.15) is 42.5 Å². The Morgan fingerprint density at radius 1 is 1.08 bits per heavy atom. The van der Waals surface area contributed by atoms with E-state index in [-0.39, 0.29) is 11.8 Å². The lowest BCUT2D eigenvalue weighted by Crippen LogP contribution is -2.24. The van der Waals surface area contributed by atoms with Crippen molar-refractivity contribution >= 4 is 29.1 Å². The van der Waals surface area contributed by atoms with Crippen LogP contribution < -0.4 is 10.6 Å². The molecule has 0 saturated heterocycles. The second kappa shape index (κ2) is 8.47. The molecule has 1 fully saturated rings. The zero-order valence-corrected chi connectivity index (χ0v) is 14.8. The maximum atomic E-state index is 12.3. The van der Waals surface area contributed by atoms with Gasteiger partial charge in [-0.25, -0.2) is 9.78 Å². The predicted octanol–water partition coefficient (Wildman–Crippen LogP) is 4.13. The van der Waals surface area contributed by atoms with E-state index in [9.17, 15) is 9.59 Å². The molecule has 2 N–H and O–H groups in total. The fourth-order valence-electron chi connectivity index (χ4n) is 3.17. The maximum Gasteiger partial charge on any atom is 0.339 e. The molecule has 0 aliphatic heterocycles. The van der Waals surface area contributed by atoms with E-state index in [1.807, 2.05) is 6.07 Å². The van der Waals surface area contributed by atoms with Crippen molar-refractivity contribution < 1.29 is 14.3 Å². The van der Waals surface area contributed by atoms with Crippen molar-refractivity contribution in [2.45, 2.75) is 32.1 Å². The van der Waals surface area contributed by atoms with Gasteiger partial charge in [-0.3, -0.25) is 4.79 Å². The summed E-state index contributed by atoms with van der Waals surface area (Å²) in [5.41, 5.74) is 1.73. The molecule has 1 heterocycles. The van der Waals surface area contributed by atoms with Crippen molar-refractivity contribution in [3.8, 4) is 0 Å². The molecule has 0 atom stereocenters. The molecule has 0 radical (unpaired) electrons. The zero-order valence-electron chi connectivity index (χ0n) is 14.8. The number of carbonyl (C=O) groups excluding carboxylic acids is 2. The number of carbonyl (C=O) groups is 2. The number of aromatic nitrogens is 1. The monoisotopic (exact) mass is 353 g/mol. The minimum atomic E-state index is -0.413. The number of hydrogen-bond donors (Lipinski definition) is 2. The fraction of sp³-hybridized carbons (Fsp3) is 0.350. The van der Waals surface area contributed by atoms with E-state index in [0.29, 0.717) is 22.8 Å². The third-order valence-corrected chi connectivity index (χ3v) is 4.60. The summed E-state index contributed by atoms with van der Waals surface area (Å²) in [5, 5.41) is 6.05. The highest BCUT2D eigenvalue weighted by Crippen LogP contribution is 2.25. The molecular formula is C20H23N3O3.